The molecule has 0 saturated carbocycles. The second kappa shape index (κ2) is 3.44. The SMILES string of the molecule is Cn1cc(CC(=N)N)c(C(C)(C)C)n1. The maximum Gasteiger partial charge on any atom is 0.0951 e. The molecule has 4 heteroatoms. The molecular weight excluding hydrogens is 176 g/mol. The van der Waals surface area contributed by atoms with Gasteiger partial charge in [-0.1, -0.05) is 20.8 Å². The summed E-state index contributed by atoms with van der Waals surface area (Å²) in [5.41, 5.74) is 7.47. The lowest BCUT2D eigenvalue weighted by Gasteiger charge is -2.17. The fourth-order valence-corrected chi connectivity index (χ4v) is 1.50. The predicted molar refractivity (Wildman–Crippen MR) is 57.5 cm³/mol. The van der Waals surface area contributed by atoms with Crippen molar-refractivity contribution >= 4 is 5.84 Å². The third-order valence-electron chi connectivity index (χ3n) is 2.00. The molecule has 1 rings (SSSR count). The smallest absolute Gasteiger partial charge is 0.0951 e. The molecule has 0 radical (unpaired) electrons. The van der Waals surface area contributed by atoms with Gasteiger partial charge in [0.1, 0.15) is 0 Å². The van der Waals surface area contributed by atoms with Gasteiger partial charge in [-0.25, -0.2) is 0 Å². The lowest BCUT2D eigenvalue weighted by atomic mass is 9.89. The number of nitrogens with one attached hydrogen (secondary N) is 1. The van der Waals surface area contributed by atoms with Gasteiger partial charge in [0.25, 0.3) is 0 Å². The first-order valence-corrected chi connectivity index (χ1v) is 4.66. The highest BCUT2D eigenvalue weighted by atomic mass is 15.3. The minimum atomic E-state index is 0.00600. The van der Waals surface area contributed by atoms with E-state index in [-0.39, 0.29) is 11.3 Å². The molecule has 0 aliphatic carbocycles. The highest BCUT2D eigenvalue weighted by Crippen LogP contribution is 2.24. The van der Waals surface area contributed by atoms with Crippen molar-refractivity contribution in [1.29, 1.82) is 5.41 Å². The van der Waals surface area contributed by atoms with Crippen LogP contribution in [0, 0.1) is 5.41 Å². The molecule has 0 saturated heterocycles. The Morgan fingerprint density at radius 1 is 1.57 bits per heavy atom. The van der Waals surface area contributed by atoms with Crippen LogP contribution in [0.15, 0.2) is 6.20 Å². The average molecular weight is 194 g/mol. The topological polar surface area (TPSA) is 67.7 Å². The lowest BCUT2D eigenvalue weighted by molar-refractivity contribution is 0.549. The summed E-state index contributed by atoms with van der Waals surface area (Å²) in [7, 11) is 1.89. The number of aryl methyl sites for hydroxylation is 1. The summed E-state index contributed by atoms with van der Waals surface area (Å²) in [5.74, 6) is 0.184. The summed E-state index contributed by atoms with van der Waals surface area (Å²) in [6.07, 6.45) is 2.42. The number of hydrogen-bond donors (Lipinski definition) is 2. The molecule has 1 heterocycles. The van der Waals surface area contributed by atoms with Crippen LogP contribution in [0.2, 0.25) is 0 Å². The molecule has 0 aromatic carbocycles. The Morgan fingerprint density at radius 3 is 2.57 bits per heavy atom. The van der Waals surface area contributed by atoms with Gasteiger partial charge in [0.2, 0.25) is 0 Å². The van der Waals surface area contributed by atoms with Crippen LogP contribution in [0.25, 0.3) is 0 Å². The van der Waals surface area contributed by atoms with Crippen molar-refractivity contribution in [3.05, 3.63) is 17.5 Å². The van der Waals surface area contributed by atoms with E-state index >= 15 is 0 Å². The third-order valence-corrected chi connectivity index (χ3v) is 2.00. The van der Waals surface area contributed by atoms with E-state index in [0.29, 0.717) is 6.42 Å². The van der Waals surface area contributed by atoms with E-state index < -0.39 is 0 Å². The van der Waals surface area contributed by atoms with Crippen molar-refractivity contribution in [3.63, 3.8) is 0 Å². The van der Waals surface area contributed by atoms with Crippen LogP contribution in [0.5, 0.6) is 0 Å². The molecule has 0 amide bonds. The molecule has 14 heavy (non-hydrogen) atoms. The van der Waals surface area contributed by atoms with Gasteiger partial charge in [0.15, 0.2) is 0 Å². The first kappa shape index (κ1) is 10.8. The predicted octanol–water partition coefficient (Wildman–Crippen LogP) is 1.20. The van der Waals surface area contributed by atoms with Crippen LogP contribution in [0.3, 0.4) is 0 Å². The number of nitrogens with two attached hydrogens (primary N) is 1. The quantitative estimate of drug-likeness (QED) is 0.548. The van der Waals surface area contributed by atoms with Crippen molar-refractivity contribution in [2.75, 3.05) is 0 Å². The average Bonchev–Trinajstić information content (AvgIpc) is 2.28. The Balaban J connectivity index is 3.09. The molecule has 0 fully saturated rings. The van der Waals surface area contributed by atoms with E-state index in [1.54, 1.807) is 4.68 Å². The van der Waals surface area contributed by atoms with Crippen molar-refractivity contribution < 1.29 is 0 Å². The molecular formula is C10H18N4. The van der Waals surface area contributed by atoms with Crippen LogP contribution in [0.1, 0.15) is 32.0 Å². The Morgan fingerprint density at radius 2 is 2.14 bits per heavy atom. The molecule has 0 unspecified atom stereocenters. The summed E-state index contributed by atoms with van der Waals surface area (Å²) in [6.45, 7) is 6.33. The van der Waals surface area contributed by atoms with Crippen LogP contribution in [0.4, 0.5) is 0 Å². The largest absolute Gasteiger partial charge is 0.387 e. The van der Waals surface area contributed by atoms with Crippen molar-refractivity contribution in [1.82, 2.24) is 9.78 Å². The lowest BCUT2D eigenvalue weighted by Crippen LogP contribution is -2.18. The highest BCUT2D eigenvalue weighted by molar-refractivity contribution is 5.79. The molecule has 0 aliphatic rings. The zero-order chi connectivity index (χ0) is 10.9. The zero-order valence-electron chi connectivity index (χ0n) is 9.26. The van der Waals surface area contributed by atoms with E-state index in [1.165, 1.54) is 0 Å². The molecule has 4 nitrogen and oxygen atoms in total. The van der Waals surface area contributed by atoms with Gasteiger partial charge in [-0.3, -0.25) is 10.1 Å². The zero-order valence-corrected chi connectivity index (χ0v) is 9.26. The molecule has 1 aromatic heterocycles. The number of hydrogen-bond acceptors (Lipinski definition) is 2. The maximum absolute atomic E-state index is 7.28. The Kier molecular flexibility index (Phi) is 2.64. The molecule has 1 aromatic rings. The maximum atomic E-state index is 7.28. The normalized spacial score (nSPS) is 11.7. The van der Waals surface area contributed by atoms with Crippen molar-refractivity contribution in [3.8, 4) is 0 Å². The molecule has 3 N–H and O–H groups in total. The number of rotatable bonds is 2. The standard InChI is InChI=1S/C10H18N4/c1-10(2,3)9-7(5-8(11)12)6-14(4)13-9/h6H,5H2,1-4H3,(H3,11,12). The summed E-state index contributed by atoms with van der Waals surface area (Å²) < 4.78 is 1.78. The molecule has 0 bridgehead atoms. The van der Waals surface area contributed by atoms with Gasteiger partial charge >= 0.3 is 0 Å². The van der Waals surface area contributed by atoms with E-state index in [9.17, 15) is 0 Å². The highest BCUT2D eigenvalue weighted by Gasteiger charge is 2.21. The fraction of sp³-hybridized carbons (Fsp3) is 0.600. The molecule has 0 atom stereocenters. The van der Waals surface area contributed by atoms with Gasteiger partial charge in [-0.2, -0.15) is 5.10 Å². The first-order valence-electron chi connectivity index (χ1n) is 4.66. The monoisotopic (exact) mass is 194 g/mol. The first-order chi connectivity index (χ1) is 6.30. The summed E-state index contributed by atoms with van der Waals surface area (Å²) in [5, 5.41) is 11.7. The fourth-order valence-electron chi connectivity index (χ4n) is 1.50. The minimum absolute atomic E-state index is 0.00600. The van der Waals surface area contributed by atoms with Crippen molar-refractivity contribution in [2.24, 2.45) is 12.8 Å². The van der Waals surface area contributed by atoms with Gasteiger partial charge in [0, 0.05) is 30.6 Å². The van der Waals surface area contributed by atoms with Gasteiger partial charge < -0.3 is 5.73 Å². The second-order valence-corrected chi connectivity index (χ2v) is 4.63. The van der Waals surface area contributed by atoms with Crippen LogP contribution >= 0.6 is 0 Å². The molecule has 78 valence electrons. The summed E-state index contributed by atoms with van der Waals surface area (Å²) >= 11 is 0. The number of amidine groups is 1. The van der Waals surface area contributed by atoms with E-state index in [2.05, 4.69) is 25.9 Å². The van der Waals surface area contributed by atoms with Gasteiger partial charge in [-0.05, 0) is 0 Å². The molecule has 0 aliphatic heterocycles. The van der Waals surface area contributed by atoms with Gasteiger partial charge in [0.05, 0.1) is 11.5 Å². The second-order valence-electron chi connectivity index (χ2n) is 4.63. The number of aromatic nitrogens is 2. The van der Waals surface area contributed by atoms with Crippen LogP contribution < -0.4 is 5.73 Å². The Labute approximate surface area is 84.6 Å². The van der Waals surface area contributed by atoms with E-state index in [4.69, 9.17) is 11.1 Å². The van der Waals surface area contributed by atoms with Gasteiger partial charge in [-0.15, -0.1) is 0 Å². The van der Waals surface area contributed by atoms with Crippen LogP contribution in [-0.4, -0.2) is 15.6 Å². The number of nitrogens with zero attached hydrogens (tertiary/aromatic N) is 2. The Hall–Kier alpha value is -1.32. The van der Waals surface area contributed by atoms with E-state index in [1.807, 2.05) is 13.2 Å². The Bertz CT molecular complexity index is 343. The van der Waals surface area contributed by atoms with Crippen LogP contribution in [-0.2, 0) is 18.9 Å². The summed E-state index contributed by atoms with van der Waals surface area (Å²) in [6, 6.07) is 0. The summed E-state index contributed by atoms with van der Waals surface area (Å²) in [4.78, 5) is 0. The minimum Gasteiger partial charge on any atom is -0.387 e. The molecule has 0 spiro atoms. The van der Waals surface area contributed by atoms with E-state index in [0.717, 1.165) is 11.3 Å². The van der Waals surface area contributed by atoms with Crippen molar-refractivity contribution in [2.45, 2.75) is 32.6 Å². The third kappa shape index (κ3) is 2.34.